The average Bonchev–Trinajstić information content (AvgIpc) is 2.84. The molecule has 4 nitrogen and oxygen atoms in total. The zero-order chi connectivity index (χ0) is 11.2. The average molecular weight is 228 g/mol. The van der Waals surface area contributed by atoms with E-state index < -0.39 is 0 Å². The molecule has 0 aliphatic carbocycles. The van der Waals surface area contributed by atoms with Crippen LogP contribution in [0.2, 0.25) is 0 Å². The Morgan fingerprint density at radius 3 is 3.00 bits per heavy atom. The van der Waals surface area contributed by atoms with Crippen molar-refractivity contribution in [1.29, 1.82) is 0 Å². The lowest BCUT2D eigenvalue weighted by Crippen LogP contribution is -2.36. The third kappa shape index (κ3) is 3.70. The van der Waals surface area contributed by atoms with Gasteiger partial charge in [-0.25, -0.2) is 0 Å². The second kappa shape index (κ2) is 6.55. The van der Waals surface area contributed by atoms with Gasteiger partial charge in [0, 0.05) is 25.7 Å². The van der Waals surface area contributed by atoms with Gasteiger partial charge >= 0.3 is 0 Å². The molecule has 2 heterocycles. The molecule has 0 aromatic rings. The quantitative estimate of drug-likeness (QED) is 0.755. The summed E-state index contributed by atoms with van der Waals surface area (Å²) in [6.45, 7) is 4.94. The van der Waals surface area contributed by atoms with Gasteiger partial charge in [-0.1, -0.05) is 0 Å². The minimum absolute atomic E-state index is 0.0591. The summed E-state index contributed by atoms with van der Waals surface area (Å²) in [5, 5.41) is 3.39. The highest BCUT2D eigenvalue weighted by molar-refractivity contribution is 4.78. The summed E-state index contributed by atoms with van der Waals surface area (Å²) >= 11 is 0. The molecule has 0 bridgehead atoms. The Bertz CT molecular complexity index is 189. The van der Waals surface area contributed by atoms with Crippen molar-refractivity contribution >= 4 is 0 Å². The highest BCUT2D eigenvalue weighted by Gasteiger charge is 2.19. The first-order valence-corrected chi connectivity index (χ1v) is 6.50. The number of nitrogens with one attached hydrogen (secondary N) is 1. The summed E-state index contributed by atoms with van der Waals surface area (Å²) in [6.07, 6.45) is 4.81. The molecule has 0 saturated carbocycles. The zero-order valence-corrected chi connectivity index (χ0v) is 10.3. The van der Waals surface area contributed by atoms with Crippen molar-refractivity contribution in [3.05, 3.63) is 0 Å². The van der Waals surface area contributed by atoms with E-state index in [9.17, 15) is 0 Å². The van der Waals surface area contributed by atoms with E-state index in [2.05, 4.69) is 17.3 Å². The van der Waals surface area contributed by atoms with Gasteiger partial charge in [0.25, 0.3) is 0 Å². The molecule has 1 N–H and O–H groups in total. The van der Waals surface area contributed by atoms with Crippen LogP contribution in [0.4, 0.5) is 0 Å². The van der Waals surface area contributed by atoms with E-state index in [1.807, 2.05) is 0 Å². The fourth-order valence-electron chi connectivity index (χ4n) is 2.37. The van der Waals surface area contributed by atoms with Crippen LogP contribution in [0.5, 0.6) is 0 Å². The number of nitrogens with zero attached hydrogens (tertiary/aromatic N) is 1. The van der Waals surface area contributed by atoms with Gasteiger partial charge in [-0.2, -0.15) is 0 Å². The Morgan fingerprint density at radius 2 is 2.31 bits per heavy atom. The summed E-state index contributed by atoms with van der Waals surface area (Å²) < 4.78 is 11.3. The number of ether oxygens (including phenoxy) is 2. The van der Waals surface area contributed by atoms with Gasteiger partial charge in [0.05, 0.1) is 6.61 Å². The normalized spacial score (nSPS) is 31.1. The molecule has 0 aromatic carbocycles. The molecule has 2 aliphatic heterocycles. The van der Waals surface area contributed by atoms with Gasteiger partial charge < -0.3 is 14.8 Å². The molecule has 0 aromatic heterocycles. The first kappa shape index (κ1) is 12.3. The fraction of sp³-hybridized carbons (Fsp3) is 1.00. The lowest BCUT2D eigenvalue weighted by molar-refractivity contribution is -0.164. The molecule has 2 unspecified atom stereocenters. The van der Waals surface area contributed by atoms with Crippen LogP contribution in [0.1, 0.15) is 25.7 Å². The van der Waals surface area contributed by atoms with E-state index in [-0.39, 0.29) is 6.29 Å². The smallest absolute Gasteiger partial charge is 0.157 e. The van der Waals surface area contributed by atoms with Crippen LogP contribution < -0.4 is 5.32 Å². The summed E-state index contributed by atoms with van der Waals surface area (Å²) in [7, 11) is 2.18. The Kier molecular flexibility index (Phi) is 5.03. The number of hydrogen-bond acceptors (Lipinski definition) is 4. The molecule has 16 heavy (non-hydrogen) atoms. The lowest BCUT2D eigenvalue weighted by atomic mass is 10.2. The summed E-state index contributed by atoms with van der Waals surface area (Å²) in [6, 6.07) is 0.691. The predicted molar refractivity (Wildman–Crippen MR) is 63.4 cm³/mol. The molecule has 0 radical (unpaired) electrons. The zero-order valence-electron chi connectivity index (χ0n) is 10.3. The van der Waals surface area contributed by atoms with Crippen molar-refractivity contribution in [3.8, 4) is 0 Å². The second-order valence-electron chi connectivity index (χ2n) is 4.79. The fourth-order valence-corrected chi connectivity index (χ4v) is 2.37. The minimum Gasteiger partial charge on any atom is -0.353 e. The van der Waals surface area contributed by atoms with Crippen molar-refractivity contribution in [3.63, 3.8) is 0 Å². The first-order valence-electron chi connectivity index (χ1n) is 6.50. The molecule has 2 saturated heterocycles. The molecule has 0 spiro atoms. The third-order valence-corrected chi connectivity index (χ3v) is 3.54. The number of rotatable bonds is 5. The van der Waals surface area contributed by atoms with Gasteiger partial charge in [-0.3, -0.25) is 4.90 Å². The summed E-state index contributed by atoms with van der Waals surface area (Å²) in [5.74, 6) is 0. The van der Waals surface area contributed by atoms with E-state index in [1.54, 1.807) is 0 Å². The van der Waals surface area contributed by atoms with Gasteiger partial charge in [0.2, 0.25) is 0 Å². The maximum atomic E-state index is 5.73. The predicted octanol–water partition coefficient (Wildman–Crippen LogP) is 0.823. The SMILES string of the molecule is CN(CCOC1CCCCO1)C1CCNC1. The standard InChI is InChI=1S/C12H24N2O2/c1-14(11-5-6-13-10-11)7-9-16-12-4-2-3-8-15-12/h11-13H,2-10H2,1H3. The van der Waals surface area contributed by atoms with Crippen LogP contribution >= 0.6 is 0 Å². The minimum atomic E-state index is 0.0591. The number of hydrogen-bond donors (Lipinski definition) is 1. The molecule has 0 amide bonds. The van der Waals surface area contributed by atoms with Crippen molar-refractivity contribution < 1.29 is 9.47 Å². The van der Waals surface area contributed by atoms with Crippen LogP contribution in [0.3, 0.4) is 0 Å². The van der Waals surface area contributed by atoms with Crippen LogP contribution in [0.25, 0.3) is 0 Å². The van der Waals surface area contributed by atoms with Crippen LogP contribution in [0.15, 0.2) is 0 Å². The monoisotopic (exact) mass is 228 g/mol. The van der Waals surface area contributed by atoms with Crippen molar-refractivity contribution in [1.82, 2.24) is 10.2 Å². The summed E-state index contributed by atoms with van der Waals surface area (Å²) in [4.78, 5) is 2.39. The van der Waals surface area contributed by atoms with Crippen LogP contribution in [0, 0.1) is 0 Å². The first-order chi connectivity index (χ1) is 7.86. The van der Waals surface area contributed by atoms with E-state index in [1.165, 1.54) is 19.3 Å². The molecule has 2 rings (SSSR count). The van der Waals surface area contributed by atoms with E-state index >= 15 is 0 Å². The molecule has 4 heteroatoms. The molecular formula is C12H24N2O2. The maximum absolute atomic E-state index is 5.73. The van der Waals surface area contributed by atoms with Crippen molar-refractivity contribution in [2.45, 2.75) is 38.0 Å². The Balaban J connectivity index is 1.56. The largest absolute Gasteiger partial charge is 0.353 e. The number of likely N-dealkylation sites (N-methyl/N-ethyl adjacent to an activating group) is 1. The topological polar surface area (TPSA) is 33.7 Å². The van der Waals surface area contributed by atoms with Crippen LogP contribution in [-0.4, -0.2) is 57.1 Å². The third-order valence-electron chi connectivity index (χ3n) is 3.54. The van der Waals surface area contributed by atoms with E-state index in [0.29, 0.717) is 6.04 Å². The molecule has 2 atom stereocenters. The second-order valence-corrected chi connectivity index (χ2v) is 4.79. The van der Waals surface area contributed by atoms with Crippen molar-refractivity contribution in [2.24, 2.45) is 0 Å². The Morgan fingerprint density at radius 1 is 1.38 bits per heavy atom. The molecule has 2 fully saturated rings. The van der Waals surface area contributed by atoms with Crippen molar-refractivity contribution in [2.75, 3.05) is 39.9 Å². The van der Waals surface area contributed by atoms with Gasteiger partial charge in [-0.05, 0) is 39.3 Å². The van der Waals surface area contributed by atoms with E-state index in [4.69, 9.17) is 9.47 Å². The Hall–Kier alpha value is -0.160. The van der Waals surface area contributed by atoms with E-state index in [0.717, 1.165) is 39.3 Å². The highest BCUT2D eigenvalue weighted by atomic mass is 16.7. The molecule has 2 aliphatic rings. The van der Waals surface area contributed by atoms with Crippen LogP contribution in [-0.2, 0) is 9.47 Å². The van der Waals surface area contributed by atoms with Gasteiger partial charge in [0.15, 0.2) is 6.29 Å². The molecular weight excluding hydrogens is 204 g/mol. The molecule has 94 valence electrons. The summed E-state index contributed by atoms with van der Waals surface area (Å²) in [5.41, 5.74) is 0. The van der Waals surface area contributed by atoms with Gasteiger partial charge in [-0.15, -0.1) is 0 Å². The highest BCUT2D eigenvalue weighted by Crippen LogP contribution is 2.13. The maximum Gasteiger partial charge on any atom is 0.157 e. The lowest BCUT2D eigenvalue weighted by Gasteiger charge is -2.26. The Labute approximate surface area is 98.3 Å². The van der Waals surface area contributed by atoms with Gasteiger partial charge in [0.1, 0.15) is 0 Å².